The number of carbonyl (C=O) groups is 1. The topological polar surface area (TPSA) is 102 Å². The summed E-state index contributed by atoms with van der Waals surface area (Å²) in [5, 5.41) is 18.0. The van der Waals surface area contributed by atoms with Crippen LogP contribution < -0.4 is 5.73 Å². The van der Waals surface area contributed by atoms with Crippen LogP contribution in [0, 0.1) is 0 Å². The molecule has 0 aliphatic rings. The molecule has 0 amide bonds. The van der Waals surface area contributed by atoms with E-state index in [0.717, 1.165) is 5.39 Å². The number of hydrogen-bond acceptors (Lipinski definition) is 7. The van der Waals surface area contributed by atoms with Crippen LogP contribution in [0.1, 0.15) is 16.1 Å². The number of aromatic nitrogens is 2. The highest BCUT2D eigenvalue weighted by molar-refractivity contribution is 8.00. The first-order chi connectivity index (χ1) is 9.65. The molecule has 6 nitrogen and oxygen atoms in total. The number of thioether (sulfide) groups is 1. The molecule has 0 radical (unpaired) electrons. The molecule has 8 heteroatoms. The van der Waals surface area contributed by atoms with Crippen molar-refractivity contribution in [1.82, 2.24) is 10.2 Å². The molecule has 102 valence electrons. The summed E-state index contributed by atoms with van der Waals surface area (Å²) in [6.07, 6.45) is 0. The molecule has 3 aromatic rings. The SMILES string of the molecule is Nc1nnc(SCc2c(C(=O)O)oc3ccccc23)s1. The molecule has 0 spiro atoms. The third kappa shape index (κ3) is 2.35. The molecule has 20 heavy (non-hydrogen) atoms. The minimum absolute atomic E-state index is 0.0313. The van der Waals surface area contributed by atoms with Crippen LogP contribution in [0.25, 0.3) is 11.0 Å². The van der Waals surface area contributed by atoms with Crippen molar-refractivity contribution < 1.29 is 14.3 Å². The van der Waals surface area contributed by atoms with Crippen LogP contribution in [0.15, 0.2) is 33.0 Å². The molecule has 0 fully saturated rings. The molecule has 1 aromatic carbocycles. The Kier molecular flexibility index (Phi) is 3.33. The van der Waals surface area contributed by atoms with Gasteiger partial charge in [0.15, 0.2) is 4.34 Å². The highest BCUT2D eigenvalue weighted by Crippen LogP contribution is 2.33. The zero-order valence-electron chi connectivity index (χ0n) is 10.1. The lowest BCUT2D eigenvalue weighted by Gasteiger charge is -1.97. The van der Waals surface area contributed by atoms with E-state index in [1.807, 2.05) is 12.1 Å². The number of hydrogen-bond donors (Lipinski definition) is 2. The van der Waals surface area contributed by atoms with Crippen LogP contribution >= 0.6 is 23.1 Å². The quantitative estimate of drug-likeness (QED) is 0.714. The predicted molar refractivity (Wildman–Crippen MR) is 77.1 cm³/mol. The Morgan fingerprint density at radius 2 is 2.20 bits per heavy atom. The predicted octanol–water partition coefficient (Wildman–Crippen LogP) is 2.86. The minimum atomic E-state index is -1.08. The number of nitrogen functional groups attached to an aromatic ring is 1. The summed E-state index contributed by atoms with van der Waals surface area (Å²) in [4.78, 5) is 11.3. The van der Waals surface area contributed by atoms with E-state index in [1.54, 1.807) is 12.1 Å². The Labute approximate surface area is 121 Å². The molecule has 2 aromatic heterocycles. The Morgan fingerprint density at radius 1 is 1.40 bits per heavy atom. The fourth-order valence-corrected chi connectivity index (χ4v) is 3.49. The second-order valence-corrected chi connectivity index (χ2v) is 6.14. The van der Waals surface area contributed by atoms with Gasteiger partial charge in [0.05, 0.1) is 0 Å². The number of benzene rings is 1. The zero-order chi connectivity index (χ0) is 14.1. The number of nitrogens with zero attached hydrogens (tertiary/aromatic N) is 2. The van der Waals surface area contributed by atoms with E-state index < -0.39 is 5.97 Å². The van der Waals surface area contributed by atoms with Gasteiger partial charge in [-0.25, -0.2) is 4.79 Å². The lowest BCUT2D eigenvalue weighted by molar-refractivity contribution is 0.0664. The van der Waals surface area contributed by atoms with Gasteiger partial charge in [-0.2, -0.15) is 0 Å². The average molecular weight is 307 g/mol. The van der Waals surface area contributed by atoms with Crippen molar-refractivity contribution in [2.24, 2.45) is 0 Å². The number of nitrogens with two attached hydrogens (primary N) is 1. The molecule has 0 unspecified atom stereocenters. The summed E-state index contributed by atoms with van der Waals surface area (Å²) in [6.45, 7) is 0. The van der Waals surface area contributed by atoms with Gasteiger partial charge in [-0.15, -0.1) is 10.2 Å². The molecule has 0 aliphatic carbocycles. The molecule has 2 heterocycles. The minimum Gasteiger partial charge on any atom is -0.475 e. The summed E-state index contributed by atoms with van der Waals surface area (Å²) >= 11 is 2.66. The van der Waals surface area contributed by atoms with Crippen molar-refractivity contribution in [1.29, 1.82) is 0 Å². The van der Waals surface area contributed by atoms with Crippen molar-refractivity contribution in [3.63, 3.8) is 0 Å². The van der Waals surface area contributed by atoms with E-state index in [0.29, 0.717) is 26.4 Å². The van der Waals surface area contributed by atoms with Gasteiger partial charge < -0.3 is 15.3 Å². The molecule has 0 saturated heterocycles. The number of fused-ring (bicyclic) bond motifs is 1. The van der Waals surface area contributed by atoms with Crippen LogP contribution in [0.2, 0.25) is 0 Å². The Balaban J connectivity index is 1.96. The smallest absolute Gasteiger partial charge is 0.372 e. The average Bonchev–Trinajstić information content (AvgIpc) is 3.00. The fourth-order valence-electron chi connectivity index (χ4n) is 1.83. The standard InChI is InChI=1S/C12H9N3O3S2/c13-11-14-15-12(20-11)19-5-7-6-3-1-2-4-8(6)18-9(7)10(16)17/h1-4H,5H2,(H2,13,14)(H,16,17). The molecular formula is C12H9N3O3S2. The Morgan fingerprint density at radius 3 is 2.90 bits per heavy atom. The first kappa shape index (κ1) is 12.9. The van der Waals surface area contributed by atoms with Gasteiger partial charge in [-0.1, -0.05) is 41.3 Å². The summed E-state index contributed by atoms with van der Waals surface area (Å²) in [7, 11) is 0. The van der Waals surface area contributed by atoms with Crippen molar-refractivity contribution in [2.45, 2.75) is 10.1 Å². The third-order valence-corrected chi connectivity index (χ3v) is 4.57. The monoisotopic (exact) mass is 307 g/mol. The van der Waals surface area contributed by atoms with E-state index in [2.05, 4.69) is 10.2 Å². The normalized spacial score (nSPS) is 11.0. The summed E-state index contributed by atoms with van der Waals surface area (Å²) in [5.41, 5.74) is 6.73. The largest absolute Gasteiger partial charge is 0.475 e. The molecule has 0 aliphatic heterocycles. The number of anilines is 1. The zero-order valence-corrected chi connectivity index (χ0v) is 11.7. The number of aromatic carboxylic acids is 1. The van der Waals surface area contributed by atoms with E-state index >= 15 is 0 Å². The number of para-hydroxylation sites is 1. The third-order valence-electron chi connectivity index (χ3n) is 2.65. The molecule has 0 bridgehead atoms. The van der Waals surface area contributed by atoms with Crippen molar-refractivity contribution in [2.75, 3.05) is 5.73 Å². The Bertz CT molecular complexity index is 781. The second kappa shape index (κ2) is 5.14. The van der Waals surface area contributed by atoms with Crippen LogP contribution in [0.4, 0.5) is 5.13 Å². The van der Waals surface area contributed by atoms with Gasteiger partial charge >= 0.3 is 5.97 Å². The van der Waals surface area contributed by atoms with Gasteiger partial charge in [0, 0.05) is 16.7 Å². The van der Waals surface area contributed by atoms with Crippen LogP contribution in [-0.4, -0.2) is 21.3 Å². The van der Waals surface area contributed by atoms with Gasteiger partial charge in [0.2, 0.25) is 10.9 Å². The van der Waals surface area contributed by atoms with Gasteiger partial charge in [-0.3, -0.25) is 0 Å². The van der Waals surface area contributed by atoms with Crippen molar-refractivity contribution in [3.8, 4) is 0 Å². The maximum atomic E-state index is 11.3. The molecule has 3 rings (SSSR count). The first-order valence-electron chi connectivity index (χ1n) is 5.60. The highest BCUT2D eigenvalue weighted by Gasteiger charge is 2.20. The lowest BCUT2D eigenvalue weighted by atomic mass is 10.1. The van der Waals surface area contributed by atoms with Crippen LogP contribution in [0.5, 0.6) is 0 Å². The number of furan rings is 1. The summed E-state index contributed by atoms with van der Waals surface area (Å²) in [5.74, 6) is -0.669. The maximum absolute atomic E-state index is 11.3. The summed E-state index contributed by atoms with van der Waals surface area (Å²) < 4.78 is 6.08. The molecule has 3 N–H and O–H groups in total. The molecular weight excluding hydrogens is 298 g/mol. The van der Waals surface area contributed by atoms with E-state index in [9.17, 15) is 9.90 Å². The number of carboxylic acid groups (broad SMARTS) is 1. The maximum Gasteiger partial charge on any atom is 0.372 e. The van der Waals surface area contributed by atoms with E-state index in [4.69, 9.17) is 10.2 Å². The number of carboxylic acids is 1. The van der Waals surface area contributed by atoms with Gasteiger partial charge in [0.25, 0.3) is 0 Å². The van der Waals surface area contributed by atoms with Gasteiger partial charge in [0.1, 0.15) is 5.58 Å². The lowest BCUT2D eigenvalue weighted by Crippen LogP contribution is -1.97. The Hall–Kier alpha value is -2.06. The van der Waals surface area contributed by atoms with Crippen LogP contribution in [0.3, 0.4) is 0 Å². The molecule has 0 saturated carbocycles. The van der Waals surface area contributed by atoms with Crippen LogP contribution in [-0.2, 0) is 5.75 Å². The van der Waals surface area contributed by atoms with E-state index in [1.165, 1.54) is 23.1 Å². The molecule has 0 atom stereocenters. The second-order valence-electron chi connectivity index (χ2n) is 3.91. The number of rotatable bonds is 4. The van der Waals surface area contributed by atoms with Crippen molar-refractivity contribution in [3.05, 3.63) is 35.6 Å². The summed E-state index contributed by atoms with van der Waals surface area (Å²) in [6, 6.07) is 7.24. The van der Waals surface area contributed by atoms with Gasteiger partial charge in [-0.05, 0) is 6.07 Å². The first-order valence-corrected chi connectivity index (χ1v) is 7.41. The van der Waals surface area contributed by atoms with E-state index in [-0.39, 0.29) is 5.76 Å². The van der Waals surface area contributed by atoms with Crippen molar-refractivity contribution >= 4 is 45.2 Å². The fraction of sp³-hybridized carbons (Fsp3) is 0.0833. The highest BCUT2D eigenvalue weighted by atomic mass is 32.2.